The maximum absolute atomic E-state index is 13.1. The van der Waals surface area contributed by atoms with Crippen LogP contribution in [0.3, 0.4) is 0 Å². The highest BCUT2D eigenvalue weighted by Crippen LogP contribution is 2.30. The molecule has 0 fully saturated rings. The Labute approximate surface area is 109 Å². The molecule has 1 aromatic rings. The van der Waals surface area contributed by atoms with E-state index >= 15 is 0 Å². The molecule has 0 aliphatic rings. The number of hydrogen-bond donors (Lipinski definition) is 1. The first-order chi connectivity index (χ1) is 8.74. The minimum absolute atomic E-state index is 0.165. The molecule has 2 nitrogen and oxygen atoms in total. The van der Waals surface area contributed by atoms with Crippen LogP contribution in [0.2, 0.25) is 0 Å². The second kappa shape index (κ2) is 6.23. The van der Waals surface area contributed by atoms with Crippen molar-refractivity contribution in [2.45, 2.75) is 32.5 Å². The SMILES string of the molecule is CCCN(CC(F)(F)F)c1ccc(F)cc1C(C)O. The highest BCUT2D eigenvalue weighted by Gasteiger charge is 2.31. The van der Waals surface area contributed by atoms with Gasteiger partial charge in [-0.1, -0.05) is 6.92 Å². The molecule has 1 rings (SSSR count). The molecule has 1 aromatic carbocycles. The molecular weight excluding hydrogens is 262 g/mol. The predicted octanol–water partition coefficient (Wildman–Crippen LogP) is 3.66. The van der Waals surface area contributed by atoms with E-state index in [9.17, 15) is 22.7 Å². The first kappa shape index (κ1) is 15.8. The number of benzene rings is 1. The van der Waals surface area contributed by atoms with E-state index in [-0.39, 0.29) is 17.8 Å². The summed E-state index contributed by atoms with van der Waals surface area (Å²) in [4.78, 5) is 1.11. The normalized spacial score (nSPS) is 13.4. The van der Waals surface area contributed by atoms with Crippen LogP contribution >= 0.6 is 0 Å². The fourth-order valence-electron chi connectivity index (χ4n) is 1.92. The summed E-state index contributed by atoms with van der Waals surface area (Å²) in [5.74, 6) is -0.580. The molecule has 0 saturated heterocycles. The highest BCUT2D eigenvalue weighted by molar-refractivity contribution is 5.55. The molecule has 0 heterocycles. The molecule has 0 aromatic heterocycles. The van der Waals surface area contributed by atoms with E-state index < -0.39 is 24.6 Å². The van der Waals surface area contributed by atoms with Crippen molar-refractivity contribution in [3.63, 3.8) is 0 Å². The van der Waals surface area contributed by atoms with E-state index in [1.807, 2.05) is 0 Å². The van der Waals surface area contributed by atoms with Gasteiger partial charge in [-0.15, -0.1) is 0 Å². The van der Waals surface area contributed by atoms with Crippen molar-refractivity contribution < 1.29 is 22.7 Å². The lowest BCUT2D eigenvalue weighted by atomic mass is 10.1. The largest absolute Gasteiger partial charge is 0.405 e. The molecular formula is C13H17F4NO. The molecule has 0 aliphatic carbocycles. The van der Waals surface area contributed by atoms with Crippen LogP contribution in [0.5, 0.6) is 0 Å². The maximum Gasteiger partial charge on any atom is 0.405 e. The Morgan fingerprint density at radius 1 is 1.32 bits per heavy atom. The van der Waals surface area contributed by atoms with E-state index in [0.717, 1.165) is 17.0 Å². The standard InChI is InChI=1S/C13H17F4NO/c1-3-6-18(8-13(15,16)17)12-5-4-10(14)7-11(12)9(2)19/h4-5,7,9,19H,3,6,8H2,1-2H3. The Morgan fingerprint density at radius 2 is 1.95 bits per heavy atom. The molecule has 19 heavy (non-hydrogen) atoms. The van der Waals surface area contributed by atoms with Crippen LogP contribution in [-0.2, 0) is 0 Å². The Bertz CT molecular complexity index is 418. The zero-order valence-corrected chi connectivity index (χ0v) is 10.8. The summed E-state index contributed by atoms with van der Waals surface area (Å²) in [6.07, 6.45) is -4.86. The van der Waals surface area contributed by atoms with E-state index in [4.69, 9.17) is 0 Å². The summed E-state index contributed by atoms with van der Waals surface area (Å²) in [6, 6.07) is 3.44. The number of hydrogen-bond acceptors (Lipinski definition) is 2. The van der Waals surface area contributed by atoms with E-state index in [2.05, 4.69) is 0 Å². The van der Waals surface area contributed by atoms with Crippen LogP contribution in [0.1, 0.15) is 31.9 Å². The third-order valence-corrected chi connectivity index (χ3v) is 2.64. The summed E-state index contributed by atoms with van der Waals surface area (Å²) < 4.78 is 50.8. The zero-order chi connectivity index (χ0) is 14.6. The van der Waals surface area contributed by atoms with E-state index in [0.29, 0.717) is 6.42 Å². The summed E-state index contributed by atoms with van der Waals surface area (Å²) in [7, 11) is 0. The third-order valence-electron chi connectivity index (χ3n) is 2.64. The number of halogens is 4. The van der Waals surface area contributed by atoms with Crippen molar-refractivity contribution in [2.24, 2.45) is 0 Å². The topological polar surface area (TPSA) is 23.5 Å². The van der Waals surface area contributed by atoms with Crippen LogP contribution in [0.25, 0.3) is 0 Å². The fourth-order valence-corrected chi connectivity index (χ4v) is 1.92. The van der Waals surface area contributed by atoms with Crippen LogP contribution in [0.4, 0.5) is 23.2 Å². The van der Waals surface area contributed by atoms with Gasteiger partial charge in [-0.25, -0.2) is 4.39 Å². The number of aliphatic hydroxyl groups excluding tert-OH is 1. The molecule has 1 unspecified atom stereocenters. The van der Waals surface area contributed by atoms with Gasteiger partial charge in [0.25, 0.3) is 0 Å². The van der Waals surface area contributed by atoms with Gasteiger partial charge in [-0.2, -0.15) is 13.2 Å². The van der Waals surface area contributed by atoms with Crippen molar-refractivity contribution >= 4 is 5.69 Å². The Morgan fingerprint density at radius 3 is 2.42 bits per heavy atom. The lowest BCUT2D eigenvalue weighted by Crippen LogP contribution is -2.35. The van der Waals surface area contributed by atoms with E-state index in [1.54, 1.807) is 6.92 Å². The first-order valence-corrected chi connectivity index (χ1v) is 6.03. The monoisotopic (exact) mass is 279 g/mol. The second-order valence-corrected chi connectivity index (χ2v) is 4.42. The summed E-state index contributed by atoms with van der Waals surface area (Å²) in [5, 5.41) is 9.57. The van der Waals surface area contributed by atoms with Crippen molar-refractivity contribution in [2.75, 3.05) is 18.0 Å². The van der Waals surface area contributed by atoms with Crippen molar-refractivity contribution in [1.29, 1.82) is 0 Å². The average Bonchev–Trinajstić information content (AvgIpc) is 2.26. The molecule has 0 spiro atoms. The van der Waals surface area contributed by atoms with Gasteiger partial charge >= 0.3 is 6.18 Å². The van der Waals surface area contributed by atoms with Crippen molar-refractivity contribution in [3.8, 4) is 0 Å². The van der Waals surface area contributed by atoms with Gasteiger partial charge in [-0.05, 0) is 31.5 Å². The van der Waals surface area contributed by atoms with Gasteiger partial charge < -0.3 is 10.0 Å². The molecule has 0 amide bonds. The third kappa shape index (κ3) is 4.70. The van der Waals surface area contributed by atoms with Crippen LogP contribution in [0.15, 0.2) is 18.2 Å². The minimum Gasteiger partial charge on any atom is -0.389 e. The number of anilines is 1. The number of aliphatic hydroxyl groups is 1. The van der Waals surface area contributed by atoms with Gasteiger partial charge in [0.15, 0.2) is 0 Å². The quantitative estimate of drug-likeness (QED) is 0.831. The molecule has 6 heteroatoms. The average molecular weight is 279 g/mol. The molecule has 0 bridgehead atoms. The number of alkyl halides is 3. The molecule has 1 atom stereocenters. The van der Waals surface area contributed by atoms with Gasteiger partial charge in [0.2, 0.25) is 0 Å². The highest BCUT2D eigenvalue weighted by atomic mass is 19.4. The molecule has 0 radical (unpaired) electrons. The molecule has 108 valence electrons. The summed E-state index contributed by atoms with van der Waals surface area (Å²) >= 11 is 0. The Kier molecular flexibility index (Phi) is 5.17. The maximum atomic E-state index is 13.1. The zero-order valence-electron chi connectivity index (χ0n) is 10.8. The molecule has 0 saturated carbocycles. The summed E-state index contributed by atoms with van der Waals surface area (Å²) in [5.41, 5.74) is 0.383. The number of rotatable bonds is 5. The van der Waals surface area contributed by atoms with Crippen molar-refractivity contribution in [3.05, 3.63) is 29.6 Å². The minimum atomic E-state index is -4.35. The number of nitrogens with zero attached hydrogens (tertiary/aromatic N) is 1. The molecule has 0 aliphatic heterocycles. The molecule has 1 N–H and O–H groups in total. The second-order valence-electron chi connectivity index (χ2n) is 4.42. The van der Waals surface area contributed by atoms with Crippen LogP contribution < -0.4 is 4.90 Å². The smallest absolute Gasteiger partial charge is 0.389 e. The Balaban J connectivity index is 3.14. The van der Waals surface area contributed by atoms with Gasteiger partial charge in [-0.3, -0.25) is 0 Å². The lowest BCUT2D eigenvalue weighted by Gasteiger charge is -2.28. The fraction of sp³-hybridized carbons (Fsp3) is 0.538. The first-order valence-electron chi connectivity index (χ1n) is 6.03. The Hall–Kier alpha value is -1.30. The lowest BCUT2D eigenvalue weighted by molar-refractivity contribution is -0.119. The van der Waals surface area contributed by atoms with Gasteiger partial charge in [0, 0.05) is 17.8 Å². The van der Waals surface area contributed by atoms with Crippen molar-refractivity contribution in [1.82, 2.24) is 0 Å². The van der Waals surface area contributed by atoms with Gasteiger partial charge in [0.05, 0.1) is 6.10 Å². The predicted molar refractivity (Wildman–Crippen MR) is 65.6 cm³/mol. The van der Waals surface area contributed by atoms with Crippen LogP contribution in [-0.4, -0.2) is 24.4 Å². The van der Waals surface area contributed by atoms with Crippen LogP contribution in [0, 0.1) is 5.82 Å². The van der Waals surface area contributed by atoms with Gasteiger partial charge in [0.1, 0.15) is 12.4 Å². The summed E-state index contributed by atoms with van der Waals surface area (Å²) in [6.45, 7) is 2.22. The van der Waals surface area contributed by atoms with E-state index in [1.165, 1.54) is 13.0 Å².